The van der Waals surface area contributed by atoms with E-state index in [9.17, 15) is 9.59 Å². The SMILES string of the molecule is CC(C)Sc1nc2c(c(=O)[nH]1)[C@@H](c1ccncc1)[C@@H]1C(=O)CC(C)(C)C=C1N2. The maximum Gasteiger partial charge on any atom is 0.257 e. The number of rotatable bonds is 3. The lowest BCUT2D eigenvalue weighted by Gasteiger charge is -2.40. The summed E-state index contributed by atoms with van der Waals surface area (Å²) in [6.45, 7) is 8.21. The van der Waals surface area contributed by atoms with Crippen LogP contribution in [0.5, 0.6) is 0 Å². The molecule has 2 aromatic heterocycles. The number of thioether (sulfide) groups is 1. The summed E-state index contributed by atoms with van der Waals surface area (Å²) in [6, 6.07) is 3.75. The van der Waals surface area contributed by atoms with Gasteiger partial charge in [-0.2, -0.15) is 0 Å². The number of pyridine rings is 1. The fraction of sp³-hybridized carbons (Fsp3) is 0.429. The Bertz CT molecular complexity index is 1010. The van der Waals surface area contributed by atoms with Gasteiger partial charge >= 0.3 is 0 Å². The van der Waals surface area contributed by atoms with Crippen molar-refractivity contribution in [2.45, 2.75) is 50.4 Å². The summed E-state index contributed by atoms with van der Waals surface area (Å²) >= 11 is 1.51. The zero-order chi connectivity index (χ0) is 20.1. The largest absolute Gasteiger partial charge is 0.343 e. The summed E-state index contributed by atoms with van der Waals surface area (Å²) < 4.78 is 0. The second-order valence-electron chi connectivity index (χ2n) is 8.39. The number of aromatic nitrogens is 3. The maximum absolute atomic E-state index is 13.1. The highest BCUT2D eigenvalue weighted by Crippen LogP contribution is 2.47. The molecule has 7 heteroatoms. The van der Waals surface area contributed by atoms with E-state index >= 15 is 0 Å². The molecule has 0 unspecified atom stereocenters. The van der Waals surface area contributed by atoms with Crippen molar-refractivity contribution in [3.63, 3.8) is 0 Å². The lowest BCUT2D eigenvalue weighted by atomic mass is 9.67. The molecule has 2 aliphatic rings. The van der Waals surface area contributed by atoms with E-state index in [1.165, 1.54) is 11.8 Å². The molecule has 0 spiro atoms. The molecule has 2 N–H and O–H groups in total. The molecule has 0 fully saturated rings. The van der Waals surface area contributed by atoms with Gasteiger partial charge in [0.25, 0.3) is 5.56 Å². The van der Waals surface area contributed by atoms with E-state index in [1.54, 1.807) is 12.4 Å². The third-order valence-electron chi connectivity index (χ3n) is 5.11. The van der Waals surface area contributed by atoms with Crippen LogP contribution in [0.3, 0.4) is 0 Å². The van der Waals surface area contributed by atoms with Gasteiger partial charge in [0.05, 0.1) is 11.5 Å². The van der Waals surface area contributed by atoms with Crippen molar-refractivity contribution in [1.29, 1.82) is 0 Å². The predicted octanol–water partition coefficient (Wildman–Crippen LogP) is 3.72. The highest BCUT2D eigenvalue weighted by molar-refractivity contribution is 7.99. The molecule has 0 saturated heterocycles. The molecule has 6 nitrogen and oxygen atoms in total. The third-order valence-corrected chi connectivity index (χ3v) is 6.00. The van der Waals surface area contributed by atoms with Crippen LogP contribution in [-0.4, -0.2) is 26.0 Å². The molecular formula is C21H24N4O2S. The van der Waals surface area contributed by atoms with E-state index in [0.29, 0.717) is 28.2 Å². The third kappa shape index (κ3) is 3.39. The minimum Gasteiger partial charge on any atom is -0.343 e. The first-order valence-corrected chi connectivity index (χ1v) is 10.4. The second-order valence-corrected chi connectivity index (χ2v) is 9.96. The molecule has 0 aromatic carbocycles. The van der Waals surface area contributed by atoms with Crippen LogP contribution in [0.4, 0.5) is 5.82 Å². The number of Topliss-reactive ketones (excluding diaryl/α,β-unsaturated/α-hetero) is 1. The highest BCUT2D eigenvalue weighted by atomic mass is 32.2. The smallest absolute Gasteiger partial charge is 0.257 e. The Morgan fingerprint density at radius 1 is 1.18 bits per heavy atom. The summed E-state index contributed by atoms with van der Waals surface area (Å²) in [5.74, 6) is -0.0953. The normalized spacial score (nSPS) is 22.9. The molecule has 0 amide bonds. The number of hydrogen-bond acceptors (Lipinski definition) is 6. The fourth-order valence-electron chi connectivity index (χ4n) is 4.13. The molecule has 2 atom stereocenters. The predicted molar refractivity (Wildman–Crippen MR) is 111 cm³/mol. The number of nitrogens with zero attached hydrogens (tertiary/aromatic N) is 2. The summed E-state index contributed by atoms with van der Waals surface area (Å²) in [6.07, 6.45) is 5.96. The summed E-state index contributed by atoms with van der Waals surface area (Å²) in [7, 11) is 0. The van der Waals surface area contributed by atoms with Gasteiger partial charge in [-0.15, -0.1) is 0 Å². The number of hydrogen-bond donors (Lipinski definition) is 2. The molecule has 0 saturated carbocycles. The molecule has 0 radical (unpaired) electrons. The van der Waals surface area contributed by atoms with Crippen molar-refractivity contribution in [2.75, 3.05) is 5.32 Å². The summed E-state index contributed by atoms with van der Waals surface area (Å²) in [5, 5.41) is 4.20. The zero-order valence-electron chi connectivity index (χ0n) is 16.4. The lowest BCUT2D eigenvalue weighted by molar-refractivity contribution is -0.124. The van der Waals surface area contributed by atoms with Crippen LogP contribution >= 0.6 is 11.8 Å². The van der Waals surface area contributed by atoms with Gasteiger partial charge in [0, 0.05) is 35.7 Å². The van der Waals surface area contributed by atoms with Crippen molar-refractivity contribution in [1.82, 2.24) is 15.0 Å². The van der Waals surface area contributed by atoms with Crippen LogP contribution in [0.2, 0.25) is 0 Å². The monoisotopic (exact) mass is 396 g/mol. The fourth-order valence-corrected chi connectivity index (χ4v) is 4.87. The summed E-state index contributed by atoms with van der Waals surface area (Å²) in [5.41, 5.74) is 1.84. The molecule has 146 valence electrons. The minimum atomic E-state index is -0.408. The number of carbonyl (C=O) groups excluding carboxylic acids is 1. The Morgan fingerprint density at radius 3 is 2.57 bits per heavy atom. The first kappa shape index (κ1) is 18.9. The number of anilines is 1. The van der Waals surface area contributed by atoms with Crippen molar-refractivity contribution in [3.05, 3.63) is 57.8 Å². The van der Waals surface area contributed by atoms with E-state index < -0.39 is 5.92 Å². The van der Waals surface area contributed by atoms with Gasteiger partial charge in [0.2, 0.25) is 0 Å². The molecule has 3 heterocycles. The van der Waals surface area contributed by atoms with Gasteiger partial charge in [-0.3, -0.25) is 14.6 Å². The number of fused-ring (bicyclic) bond motifs is 2. The second kappa shape index (κ2) is 6.88. The maximum atomic E-state index is 13.1. The minimum absolute atomic E-state index is 0.141. The average molecular weight is 397 g/mol. The standard InChI is InChI=1S/C21H24N4O2S/c1-11(2)28-20-24-18-17(19(27)25-20)15(12-5-7-22-8-6-12)16-13(23-18)9-21(3,4)10-14(16)26/h5-9,11,15-16H,10H2,1-4H3,(H2,23,24,25,27)/t15-,16-/m0/s1. The van der Waals surface area contributed by atoms with Crippen molar-refractivity contribution in [2.24, 2.45) is 11.3 Å². The van der Waals surface area contributed by atoms with Crippen LogP contribution < -0.4 is 10.9 Å². The number of aromatic amines is 1. The zero-order valence-corrected chi connectivity index (χ0v) is 17.3. The molecule has 0 bridgehead atoms. The van der Waals surface area contributed by atoms with E-state index in [4.69, 9.17) is 0 Å². The number of H-pyrrole nitrogens is 1. The van der Waals surface area contributed by atoms with Crippen molar-refractivity contribution < 1.29 is 4.79 Å². The molecular weight excluding hydrogens is 372 g/mol. The van der Waals surface area contributed by atoms with Gasteiger partial charge in [0.15, 0.2) is 5.16 Å². The summed E-state index contributed by atoms with van der Waals surface area (Å²) in [4.78, 5) is 37.9. The van der Waals surface area contributed by atoms with Crippen LogP contribution in [0.25, 0.3) is 0 Å². The first-order valence-electron chi connectivity index (χ1n) is 9.48. The van der Waals surface area contributed by atoms with Crippen LogP contribution in [0.15, 0.2) is 46.3 Å². The topological polar surface area (TPSA) is 87.7 Å². The van der Waals surface area contributed by atoms with Gasteiger partial charge in [-0.1, -0.05) is 45.5 Å². The van der Waals surface area contributed by atoms with E-state index in [2.05, 4.69) is 54.0 Å². The van der Waals surface area contributed by atoms with Gasteiger partial charge < -0.3 is 10.3 Å². The molecule has 4 rings (SSSR count). The van der Waals surface area contributed by atoms with Gasteiger partial charge in [-0.25, -0.2) is 4.98 Å². The van der Waals surface area contributed by atoms with Crippen LogP contribution in [0.1, 0.15) is 51.2 Å². The van der Waals surface area contributed by atoms with Crippen molar-refractivity contribution in [3.8, 4) is 0 Å². The van der Waals surface area contributed by atoms with Gasteiger partial charge in [-0.05, 0) is 23.1 Å². The number of allylic oxidation sites excluding steroid dienone is 2. The Kier molecular flexibility index (Phi) is 4.65. The van der Waals surface area contributed by atoms with E-state index in [0.717, 1.165) is 11.3 Å². The quantitative estimate of drug-likeness (QED) is 0.607. The first-order chi connectivity index (χ1) is 13.2. The number of ketones is 1. The molecule has 28 heavy (non-hydrogen) atoms. The highest BCUT2D eigenvalue weighted by Gasteiger charge is 2.45. The Morgan fingerprint density at radius 2 is 1.89 bits per heavy atom. The number of carbonyl (C=O) groups is 1. The molecule has 1 aliphatic heterocycles. The van der Waals surface area contributed by atoms with E-state index in [1.807, 2.05) is 12.1 Å². The average Bonchev–Trinajstić information content (AvgIpc) is 2.59. The Labute approximate surface area is 168 Å². The van der Waals surface area contributed by atoms with Crippen molar-refractivity contribution >= 4 is 23.4 Å². The van der Waals surface area contributed by atoms with Crippen LogP contribution in [-0.2, 0) is 4.79 Å². The molecule has 1 aliphatic carbocycles. The Balaban J connectivity index is 1.94. The van der Waals surface area contributed by atoms with Crippen LogP contribution in [0, 0.1) is 11.3 Å². The molecule has 2 aromatic rings. The van der Waals surface area contributed by atoms with Gasteiger partial charge in [0.1, 0.15) is 11.6 Å². The van der Waals surface area contributed by atoms with E-state index in [-0.39, 0.29) is 22.7 Å². The lowest BCUT2D eigenvalue weighted by Crippen LogP contribution is -2.41. The Hall–Kier alpha value is -2.41. The number of nitrogens with one attached hydrogen (secondary N) is 2.